The number of hydrogen-bond donors (Lipinski definition) is 2. The molecular weight excluding hydrogens is 339 g/mol. The summed E-state index contributed by atoms with van der Waals surface area (Å²) in [6, 6.07) is 3.14. The molecular formula is C16H22Cl2N2O3. The van der Waals surface area contributed by atoms with Crippen molar-refractivity contribution >= 4 is 40.5 Å². The lowest BCUT2D eigenvalue weighted by atomic mass is 10.1. The molecule has 1 aliphatic rings. The van der Waals surface area contributed by atoms with Gasteiger partial charge in [-0.25, -0.2) is 0 Å². The van der Waals surface area contributed by atoms with Crippen LogP contribution in [0, 0.1) is 5.92 Å². The summed E-state index contributed by atoms with van der Waals surface area (Å²) in [5.41, 5.74) is 6.48. The van der Waals surface area contributed by atoms with Gasteiger partial charge < -0.3 is 20.5 Å². The highest BCUT2D eigenvalue weighted by Gasteiger charge is 2.26. The molecule has 0 saturated carbocycles. The van der Waals surface area contributed by atoms with Crippen molar-refractivity contribution in [1.82, 2.24) is 0 Å². The Bertz CT molecular complexity index is 537. The maximum Gasteiger partial charge on any atom is 0.253 e. The van der Waals surface area contributed by atoms with E-state index in [0.717, 1.165) is 19.4 Å². The lowest BCUT2D eigenvalue weighted by Gasteiger charge is -2.22. The largest absolute Gasteiger partial charge is 0.396 e. The Kier molecular flexibility index (Phi) is 6.53. The summed E-state index contributed by atoms with van der Waals surface area (Å²) in [4.78, 5) is 12.5. The zero-order chi connectivity index (χ0) is 17.0. The minimum Gasteiger partial charge on any atom is -0.396 e. The van der Waals surface area contributed by atoms with Gasteiger partial charge in [0.05, 0.1) is 28.4 Å². The van der Waals surface area contributed by atoms with Gasteiger partial charge in [0.25, 0.3) is 5.91 Å². The van der Waals surface area contributed by atoms with Gasteiger partial charge in [0.2, 0.25) is 0 Å². The fourth-order valence-electron chi connectivity index (χ4n) is 2.43. The number of carbonyl (C=O) groups is 1. The van der Waals surface area contributed by atoms with Gasteiger partial charge in [-0.2, -0.15) is 0 Å². The van der Waals surface area contributed by atoms with Gasteiger partial charge in [-0.15, -0.1) is 0 Å². The summed E-state index contributed by atoms with van der Waals surface area (Å²) >= 11 is 12.0. The molecule has 1 aliphatic heterocycles. The molecule has 0 spiro atoms. The van der Waals surface area contributed by atoms with Crippen molar-refractivity contribution in [2.75, 3.05) is 24.3 Å². The molecule has 5 nitrogen and oxygen atoms in total. The highest BCUT2D eigenvalue weighted by atomic mass is 35.5. The minimum absolute atomic E-state index is 0.0242. The van der Waals surface area contributed by atoms with Crippen LogP contribution in [0.4, 0.5) is 11.4 Å². The number of nitrogens with one attached hydrogen (secondary N) is 1. The molecule has 1 saturated heterocycles. The third-order valence-electron chi connectivity index (χ3n) is 3.70. The van der Waals surface area contributed by atoms with Gasteiger partial charge in [0.15, 0.2) is 0 Å². The first-order valence-electron chi connectivity index (χ1n) is 7.67. The molecule has 7 heteroatoms. The Hall–Kier alpha value is -1.01. The van der Waals surface area contributed by atoms with Crippen LogP contribution in [0.15, 0.2) is 12.1 Å². The van der Waals surface area contributed by atoms with Gasteiger partial charge in [-0.3, -0.25) is 4.79 Å². The molecule has 0 radical (unpaired) electrons. The van der Waals surface area contributed by atoms with Crippen molar-refractivity contribution < 1.29 is 14.3 Å². The smallest absolute Gasteiger partial charge is 0.253 e. The molecule has 3 N–H and O–H groups in total. The monoisotopic (exact) mass is 360 g/mol. The van der Waals surface area contributed by atoms with Crippen LogP contribution in [-0.2, 0) is 14.3 Å². The standard InChI is InChI=1S/C16H22Cl2N2O3/c1-9(2)15(23-8-11-4-3-5-22-11)16(21)20-10-6-12(17)14(19)13(18)7-10/h6-7,9,11,15H,3-5,8,19H2,1-2H3,(H,20,21)/t11-,15-/m1/s1. The summed E-state index contributed by atoms with van der Waals surface area (Å²) in [5, 5.41) is 3.38. The van der Waals surface area contributed by atoms with E-state index in [1.807, 2.05) is 13.8 Å². The first kappa shape index (κ1) is 18.3. The van der Waals surface area contributed by atoms with E-state index < -0.39 is 6.10 Å². The summed E-state index contributed by atoms with van der Waals surface area (Å²) < 4.78 is 11.3. The lowest BCUT2D eigenvalue weighted by molar-refractivity contribution is -0.132. The van der Waals surface area contributed by atoms with E-state index in [0.29, 0.717) is 28.0 Å². The highest BCUT2D eigenvalue weighted by Crippen LogP contribution is 2.31. The zero-order valence-corrected chi connectivity index (χ0v) is 14.8. The van der Waals surface area contributed by atoms with E-state index in [9.17, 15) is 4.79 Å². The SMILES string of the molecule is CC(C)[C@@H](OC[C@H]1CCCO1)C(=O)Nc1cc(Cl)c(N)c(Cl)c1. The topological polar surface area (TPSA) is 73.6 Å². The first-order chi connectivity index (χ1) is 10.9. The molecule has 0 aliphatic carbocycles. The molecule has 0 unspecified atom stereocenters. The number of nitrogen functional groups attached to an aromatic ring is 1. The van der Waals surface area contributed by atoms with Gasteiger partial charge >= 0.3 is 0 Å². The predicted octanol–water partition coefficient (Wildman–Crippen LogP) is 3.73. The van der Waals surface area contributed by atoms with E-state index in [2.05, 4.69) is 5.32 Å². The Labute approximate surface area is 146 Å². The lowest BCUT2D eigenvalue weighted by Crippen LogP contribution is -2.36. The number of rotatable bonds is 6. The summed E-state index contributed by atoms with van der Waals surface area (Å²) in [7, 11) is 0. The summed E-state index contributed by atoms with van der Waals surface area (Å²) in [6.45, 7) is 5.04. The average molecular weight is 361 g/mol. The molecule has 0 aromatic heterocycles. The van der Waals surface area contributed by atoms with Crippen LogP contribution in [0.3, 0.4) is 0 Å². The number of benzene rings is 1. The van der Waals surface area contributed by atoms with Crippen LogP contribution < -0.4 is 11.1 Å². The molecule has 23 heavy (non-hydrogen) atoms. The molecule has 2 rings (SSSR count). The molecule has 128 valence electrons. The number of anilines is 2. The molecule has 1 amide bonds. The van der Waals surface area contributed by atoms with Crippen LogP contribution in [0.2, 0.25) is 10.0 Å². The second kappa shape index (κ2) is 8.20. The molecule has 1 aromatic rings. The Morgan fingerprint density at radius 1 is 1.43 bits per heavy atom. The molecule has 0 bridgehead atoms. The van der Waals surface area contributed by atoms with Crippen molar-refractivity contribution in [2.24, 2.45) is 5.92 Å². The Balaban J connectivity index is 2.00. The fourth-order valence-corrected chi connectivity index (χ4v) is 2.91. The van der Waals surface area contributed by atoms with Crippen molar-refractivity contribution in [3.63, 3.8) is 0 Å². The molecule has 1 aromatic carbocycles. The van der Waals surface area contributed by atoms with E-state index in [-0.39, 0.29) is 17.9 Å². The van der Waals surface area contributed by atoms with Gasteiger partial charge in [0.1, 0.15) is 6.10 Å². The van der Waals surface area contributed by atoms with Gasteiger partial charge in [0, 0.05) is 12.3 Å². The highest BCUT2D eigenvalue weighted by molar-refractivity contribution is 6.39. The van der Waals surface area contributed by atoms with Crippen LogP contribution in [0.1, 0.15) is 26.7 Å². The van der Waals surface area contributed by atoms with Crippen molar-refractivity contribution in [1.29, 1.82) is 0 Å². The number of halogens is 2. The van der Waals surface area contributed by atoms with E-state index in [4.69, 9.17) is 38.4 Å². The average Bonchev–Trinajstić information content (AvgIpc) is 2.97. The van der Waals surface area contributed by atoms with Crippen LogP contribution in [0.25, 0.3) is 0 Å². The quantitative estimate of drug-likeness (QED) is 0.757. The molecule has 1 heterocycles. The summed E-state index contributed by atoms with van der Waals surface area (Å²) in [5.74, 6) is -0.217. The normalized spacial score (nSPS) is 19.1. The second-order valence-electron chi connectivity index (χ2n) is 5.98. The third-order valence-corrected chi connectivity index (χ3v) is 4.32. The van der Waals surface area contributed by atoms with E-state index >= 15 is 0 Å². The number of ether oxygens (including phenoxy) is 2. The predicted molar refractivity (Wildman–Crippen MR) is 93.1 cm³/mol. The zero-order valence-electron chi connectivity index (χ0n) is 13.3. The Morgan fingerprint density at radius 2 is 2.09 bits per heavy atom. The van der Waals surface area contributed by atoms with Crippen molar-refractivity contribution in [3.8, 4) is 0 Å². The summed E-state index contributed by atoms with van der Waals surface area (Å²) in [6.07, 6.45) is 1.50. The maximum atomic E-state index is 12.5. The van der Waals surface area contributed by atoms with E-state index in [1.54, 1.807) is 12.1 Å². The van der Waals surface area contributed by atoms with Crippen molar-refractivity contribution in [2.45, 2.75) is 38.9 Å². The van der Waals surface area contributed by atoms with Crippen LogP contribution in [-0.4, -0.2) is 31.3 Å². The van der Waals surface area contributed by atoms with Crippen molar-refractivity contribution in [3.05, 3.63) is 22.2 Å². The number of carbonyl (C=O) groups excluding carboxylic acids is 1. The fraction of sp³-hybridized carbons (Fsp3) is 0.562. The van der Waals surface area contributed by atoms with Gasteiger partial charge in [-0.1, -0.05) is 37.0 Å². The molecule has 1 fully saturated rings. The maximum absolute atomic E-state index is 12.5. The number of nitrogens with two attached hydrogens (primary N) is 1. The second-order valence-corrected chi connectivity index (χ2v) is 6.79. The first-order valence-corrected chi connectivity index (χ1v) is 8.42. The van der Waals surface area contributed by atoms with Crippen LogP contribution >= 0.6 is 23.2 Å². The third kappa shape index (κ3) is 4.98. The van der Waals surface area contributed by atoms with Gasteiger partial charge in [-0.05, 0) is 30.9 Å². The van der Waals surface area contributed by atoms with E-state index in [1.165, 1.54) is 0 Å². The van der Waals surface area contributed by atoms with Crippen LogP contribution in [0.5, 0.6) is 0 Å². The molecule has 2 atom stereocenters. The Morgan fingerprint density at radius 3 is 2.61 bits per heavy atom. The number of hydrogen-bond acceptors (Lipinski definition) is 4. The minimum atomic E-state index is -0.575. The number of amides is 1.